The number of carbonyl (C=O) groups excluding carboxylic acids is 1. The maximum atomic E-state index is 13.1. The minimum absolute atomic E-state index is 0.00202. The summed E-state index contributed by atoms with van der Waals surface area (Å²) in [6.07, 6.45) is 0.361. The lowest BCUT2D eigenvalue weighted by Gasteiger charge is -2.20. The maximum Gasteiger partial charge on any atom is 0.221 e. The van der Waals surface area contributed by atoms with Crippen LogP contribution in [-0.4, -0.2) is 5.91 Å². The van der Waals surface area contributed by atoms with Crippen molar-refractivity contribution in [1.29, 1.82) is 0 Å². The largest absolute Gasteiger partial charge is 0.350 e. The van der Waals surface area contributed by atoms with E-state index in [0.717, 1.165) is 16.7 Å². The zero-order valence-corrected chi connectivity index (χ0v) is 14.7. The topological polar surface area (TPSA) is 29.1 Å². The molecule has 2 nitrogen and oxygen atoms in total. The van der Waals surface area contributed by atoms with Gasteiger partial charge in [0.1, 0.15) is 5.82 Å². The summed E-state index contributed by atoms with van der Waals surface area (Å²) in [4.78, 5) is 12.7. The van der Waals surface area contributed by atoms with Crippen LogP contribution in [0.15, 0.2) is 84.9 Å². The fourth-order valence-electron chi connectivity index (χ4n) is 3.12. The number of rotatable bonds is 6. The summed E-state index contributed by atoms with van der Waals surface area (Å²) in [7, 11) is 0. The number of nitrogens with one attached hydrogen (secondary N) is 1. The fraction of sp³-hybridized carbons (Fsp3) is 0.174. The molecule has 0 bridgehead atoms. The first-order valence-corrected chi connectivity index (χ1v) is 8.78. The molecule has 0 fully saturated rings. The molecule has 26 heavy (non-hydrogen) atoms. The molecule has 0 unspecified atom stereocenters. The third-order valence-electron chi connectivity index (χ3n) is 4.54. The van der Waals surface area contributed by atoms with Gasteiger partial charge in [-0.2, -0.15) is 0 Å². The molecule has 0 spiro atoms. The van der Waals surface area contributed by atoms with Crippen LogP contribution in [0.3, 0.4) is 0 Å². The molecule has 3 rings (SSSR count). The van der Waals surface area contributed by atoms with Crippen LogP contribution in [0.2, 0.25) is 0 Å². The Kier molecular flexibility index (Phi) is 5.80. The second-order valence-corrected chi connectivity index (χ2v) is 6.42. The normalized spacial score (nSPS) is 12.0. The lowest BCUT2D eigenvalue weighted by Crippen LogP contribution is -2.28. The second-order valence-electron chi connectivity index (χ2n) is 6.42. The van der Waals surface area contributed by atoms with E-state index in [1.165, 1.54) is 12.1 Å². The zero-order chi connectivity index (χ0) is 18.4. The van der Waals surface area contributed by atoms with E-state index < -0.39 is 0 Å². The molecule has 1 N–H and O–H groups in total. The second kappa shape index (κ2) is 8.43. The van der Waals surface area contributed by atoms with Gasteiger partial charge in [-0.15, -0.1) is 0 Å². The molecule has 0 heterocycles. The molecule has 1 atom stereocenters. The van der Waals surface area contributed by atoms with Gasteiger partial charge in [-0.05, 0) is 35.7 Å². The average Bonchev–Trinajstić information content (AvgIpc) is 2.68. The predicted octanol–water partition coefficient (Wildman–Crippen LogP) is 5.23. The Labute approximate surface area is 153 Å². The van der Waals surface area contributed by atoms with Crippen molar-refractivity contribution in [2.45, 2.75) is 25.3 Å². The third kappa shape index (κ3) is 4.57. The SMILES string of the molecule is C[C@@H](NC(=O)CC(c1ccccc1)c1ccccc1)c1ccc(F)cc1. The van der Waals surface area contributed by atoms with Crippen molar-refractivity contribution >= 4 is 5.91 Å². The van der Waals surface area contributed by atoms with Crippen molar-refractivity contribution < 1.29 is 9.18 Å². The van der Waals surface area contributed by atoms with E-state index in [1.807, 2.05) is 67.6 Å². The molecule has 132 valence electrons. The van der Waals surface area contributed by atoms with Gasteiger partial charge < -0.3 is 5.32 Å². The number of hydrogen-bond acceptors (Lipinski definition) is 1. The van der Waals surface area contributed by atoms with Crippen LogP contribution in [-0.2, 0) is 4.79 Å². The fourth-order valence-corrected chi connectivity index (χ4v) is 3.12. The smallest absolute Gasteiger partial charge is 0.221 e. The van der Waals surface area contributed by atoms with Gasteiger partial charge in [0.25, 0.3) is 0 Å². The molecular formula is C23H22FNO. The maximum absolute atomic E-state index is 13.1. The highest BCUT2D eigenvalue weighted by molar-refractivity contribution is 5.78. The Morgan fingerprint density at radius 1 is 0.808 bits per heavy atom. The summed E-state index contributed by atoms with van der Waals surface area (Å²) in [5.41, 5.74) is 3.11. The Morgan fingerprint density at radius 2 is 1.31 bits per heavy atom. The van der Waals surface area contributed by atoms with Gasteiger partial charge in [0.15, 0.2) is 0 Å². The van der Waals surface area contributed by atoms with Crippen molar-refractivity contribution in [2.24, 2.45) is 0 Å². The monoisotopic (exact) mass is 347 g/mol. The van der Waals surface area contributed by atoms with Gasteiger partial charge in [0.05, 0.1) is 6.04 Å². The molecule has 0 aliphatic rings. The van der Waals surface area contributed by atoms with Crippen molar-refractivity contribution in [3.05, 3.63) is 107 Å². The van der Waals surface area contributed by atoms with E-state index in [4.69, 9.17) is 0 Å². The highest BCUT2D eigenvalue weighted by Crippen LogP contribution is 2.28. The van der Waals surface area contributed by atoms with Crippen LogP contribution in [0.25, 0.3) is 0 Å². The van der Waals surface area contributed by atoms with Crippen LogP contribution in [0, 0.1) is 5.82 Å². The van der Waals surface area contributed by atoms with Crippen molar-refractivity contribution in [2.75, 3.05) is 0 Å². The number of carbonyl (C=O) groups is 1. The molecule has 3 aromatic carbocycles. The van der Waals surface area contributed by atoms with Crippen LogP contribution >= 0.6 is 0 Å². The minimum atomic E-state index is -0.277. The van der Waals surface area contributed by atoms with E-state index in [-0.39, 0.29) is 23.7 Å². The zero-order valence-electron chi connectivity index (χ0n) is 14.7. The third-order valence-corrected chi connectivity index (χ3v) is 4.54. The van der Waals surface area contributed by atoms with Gasteiger partial charge >= 0.3 is 0 Å². The molecule has 3 heteroatoms. The first-order chi connectivity index (χ1) is 12.6. The van der Waals surface area contributed by atoms with E-state index in [9.17, 15) is 9.18 Å². The van der Waals surface area contributed by atoms with E-state index in [1.54, 1.807) is 12.1 Å². The number of amides is 1. The Bertz CT molecular complexity index is 792. The standard InChI is InChI=1S/C23H22FNO/c1-17(18-12-14-21(24)15-13-18)25-23(26)16-22(19-8-4-2-5-9-19)20-10-6-3-7-11-20/h2-15,17,22H,16H2,1H3,(H,25,26)/t17-/m1/s1. The minimum Gasteiger partial charge on any atom is -0.350 e. The summed E-state index contributed by atoms with van der Waals surface area (Å²) < 4.78 is 13.1. The molecular weight excluding hydrogens is 325 g/mol. The number of halogens is 1. The van der Waals surface area contributed by atoms with Gasteiger partial charge in [-0.3, -0.25) is 4.79 Å². The predicted molar refractivity (Wildman–Crippen MR) is 102 cm³/mol. The van der Waals surface area contributed by atoms with Gasteiger partial charge in [0.2, 0.25) is 5.91 Å². The summed E-state index contributed by atoms with van der Waals surface area (Å²) in [6.45, 7) is 1.91. The Hall–Kier alpha value is -2.94. The van der Waals surface area contributed by atoms with Gasteiger partial charge in [-0.25, -0.2) is 4.39 Å². The van der Waals surface area contributed by atoms with Gasteiger partial charge in [0, 0.05) is 12.3 Å². The molecule has 0 aliphatic heterocycles. The highest BCUT2D eigenvalue weighted by atomic mass is 19.1. The Morgan fingerprint density at radius 3 is 1.81 bits per heavy atom. The lowest BCUT2D eigenvalue weighted by molar-refractivity contribution is -0.121. The van der Waals surface area contributed by atoms with Gasteiger partial charge in [-0.1, -0.05) is 72.8 Å². The average molecular weight is 347 g/mol. The Balaban J connectivity index is 1.74. The summed E-state index contributed by atoms with van der Waals surface area (Å²) in [5, 5.41) is 3.02. The van der Waals surface area contributed by atoms with Crippen LogP contribution < -0.4 is 5.32 Å². The van der Waals surface area contributed by atoms with Crippen molar-refractivity contribution in [1.82, 2.24) is 5.32 Å². The van der Waals surface area contributed by atoms with Crippen LogP contribution in [0.4, 0.5) is 4.39 Å². The summed E-state index contributed by atoms with van der Waals surface area (Å²) in [5.74, 6) is -0.308. The molecule has 0 radical (unpaired) electrons. The number of hydrogen-bond donors (Lipinski definition) is 1. The van der Waals surface area contributed by atoms with E-state index in [0.29, 0.717) is 6.42 Å². The van der Waals surface area contributed by atoms with E-state index in [2.05, 4.69) is 5.32 Å². The van der Waals surface area contributed by atoms with Crippen LogP contribution in [0.5, 0.6) is 0 Å². The quantitative estimate of drug-likeness (QED) is 0.650. The molecule has 0 aliphatic carbocycles. The van der Waals surface area contributed by atoms with Crippen molar-refractivity contribution in [3.8, 4) is 0 Å². The van der Waals surface area contributed by atoms with Crippen LogP contribution in [0.1, 0.15) is 42.0 Å². The van der Waals surface area contributed by atoms with Crippen molar-refractivity contribution in [3.63, 3.8) is 0 Å². The molecule has 1 amide bonds. The molecule has 3 aromatic rings. The number of benzene rings is 3. The molecule has 0 saturated heterocycles. The lowest BCUT2D eigenvalue weighted by atomic mass is 9.88. The first kappa shape index (κ1) is 17.9. The summed E-state index contributed by atoms with van der Waals surface area (Å²) in [6, 6.07) is 26.2. The molecule has 0 saturated carbocycles. The summed E-state index contributed by atoms with van der Waals surface area (Å²) >= 11 is 0. The molecule has 0 aromatic heterocycles. The van der Waals surface area contributed by atoms with E-state index >= 15 is 0 Å². The highest BCUT2D eigenvalue weighted by Gasteiger charge is 2.19. The first-order valence-electron chi connectivity index (χ1n) is 8.78.